The third-order valence-corrected chi connectivity index (χ3v) is 5.42. The zero-order valence-corrected chi connectivity index (χ0v) is 14.1. The summed E-state index contributed by atoms with van der Waals surface area (Å²) in [6, 6.07) is 7.41. The Kier molecular flexibility index (Phi) is 6.67. The summed E-state index contributed by atoms with van der Waals surface area (Å²) in [6.07, 6.45) is 1.17. The van der Waals surface area contributed by atoms with Gasteiger partial charge in [0, 0.05) is 15.7 Å². The first-order valence-electron chi connectivity index (χ1n) is 5.73. The Labute approximate surface area is 130 Å². The first kappa shape index (κ1) is 16.0. The molecule has 0 radical (unpaired) electrons. The molecule has 0 aliphatic carbocycles. The van der Waals surface area contributed by atoms with Crippen molar-refractivity contribution < 1.29 is 4.79 Å². The molecule has 1 rings (SSSR count). The zero-order chi connectivity index (χ0) is 13.6. The van der Waals surface area contributed by atoms with Gasteiger partial charge in [0.25, 0.3) is 0 Å². The summed E-state index contributed by atoms with van der Waals surface area (Å²) in [5.74, 6) is -0.0103. The fraction of sp³-hybridized carbons (Fsp3) is 0.462. The van der Waals surface area contributed by atoms with E-state index in [1.807, 2.05) is 18.2 Å². The van der Waals surface area contributed by atoms with Crippen LogP contribution in [0.5, 0.6) is 0 Å². The summed E-state index contributed by atoms with van der Waals surface area (Å²) in [4.78, 5) is 12.0. The summed E-state index contributed by atoms with van der Waals surface area (Å²) >= 11 is 12.9. The molecule has 1 N–H and O–H groups in total. The van der Waals surface area contributed by atoms with Gasteiger partial charge in [0.2, 0.25) is 5.91 Å². The number of carbonyl (C=O) groups excluding carboxylic acids is 1. The lowest BCUT2D eigenvalue weighted by atomic mass is 10.0. The van der Waals surface area contributed by atoms with Gasteiger partial charge in [-0.05, 0) is 18.1 Å². The minimum absolute atomic E-state index is 0.0103. The normalized spacial score (nSPS) is 11.3. The van der Waals surface area contributed by atoms with Gasteiger partial charge in [0.05, 0.1) is 12.0 Å². The van der Waals surface area contributed by atoms with Crippen molar-refractivity contribution in [3.8, 4) is 0 Å². The standard InChI is InChI=1S/C13H16Br2ClNO/c1-2-13(8-14,9-15)17-12(18)7-10-5-3-4-6-11(10)16/h3-6H,2,7-9H2,1H3,(H,17,18). The Morgan fingerprint density at radius 2 is 1.94 bits per heavy atom. The quantitative estimate of drug-likeness (QED) is 0.724. The molecule has 0 aliphatic heterocycles. The maximum Gasteiger partial charge on any atom is 0.224 e. The van der Waals surface area contributed by atoms with Crippen molar-refractivity contribution in [1.82, 2.24) is 5.32 Å². The number of halogens is 3. The second-order valence-electron chi connectivity index (χ2n) is 4.22. The highest BCUT2D eigenvalue weighted by molar-refractivity contribution is 9.09. The Morgan fingerprint density at radius 3 is 2.44 bits per heavy atom. The lowest BCUT2D eigenvalue weighted by molar-refractivity contribution is -0.121. The van der Waals surface area contributed by atoms with Gasteiger partial charge in [-0.3, -0.25) is 4.79 Å². The summed E-state index contributed by atoms with van der Waals surface area (Å²) in [5, 5.41) is 5.13. The monoisotopic (exact) mass is 395 g/mol. The summed E-state index contributed by atoms with van der Waals surface area (Å²) < 4.78 is 0. The van der Waals surface area contributed by atoms with Gasteiger partial charge in [-0.2, -0.15) is 0 Å². The molecule has 0 saturated heterocycles. The number of amides is 1. The van der Waals surface area contributed by atoms with Crippen LogP contribution in [0.2, 0.25) is 5.02 Å². The van der Waals surface area contributed by atoms with E-state index in [0.29, 0.717) is 11.4 Å². The van der Waals surface area contributed by atoms with E-state index in [4.69, 9.17) is 11.6 Å². The number of hydrogen-bond acceptors (Lipinski definition) is 1. The lowest BCUT2D eigenvalue weighted by Gasteiger charge is -2.30. The van der Waals surface area contributed by atoms with Crippen LogP contribution in [0, 0.1) is 0 Å². The van der Waals surface area contributed by atoms with E-state index >= 15 is 0 Å². The van der Waals surface area contributed by atoms with E-state index in [9.17, 15) is 4.79 Å². The van der Waals surface area contributed by atoms with E-state index in [1.54, 1.807) is 6.07 Å². The number of hydrogen-bond donors (Lipinski definition) is 1. The molecule has 1 aromatic rings. The maximum atomic E-state index is 12.0. The van der Waals surface area contributed by atoms with Crippen LogP contribution in [0.3, 0.4) is 0 Å². The number of carbonyl (C=O) groups is 1. The van der Waals surface area contributed by atoms with E-state index in [1.165, 1.54) is 0 Å². The van der Waals surface area contributed by atoms with Gasteiger partial charge in [0.1, 0.15) is 0 Å². The molecule has 0 bridgehead atoms. The van der Waals surface area contributed by atoms with Crippen molar-refractivity contribution >= 4 is 49.4 Å². The van der Waals surface area contributed by atoms with Crippen LogP contribution in [0.1, 0.15) is 18.9 Å². The predicted molar refractivity (Wildman–Crippen MR) is 83.9 cm³/mol. The SMILES string of the molecule is CCC(CBr)(CBr)NC(=O)Cc1ccccc1Cl. The molecule has 0 saturated carbocycles. The molecular formula is C13H16Br2ClNO. The molecule has 0 aliphatic rings. The Morgan fingerprint density at radius 1 is 1.33 bits per heavy atom. The predicted octanol–water partition coefficient (Wildman–Crippen LogP) is 3.94. The van der Waals surface area contributed by atoms with Crippen LogP contribution in [0.25, 0.3) is 0 Å². The molecule has 1 aromatic carbocycles. The van der Waals surface area contributed by atoms with Crippen LogP contribution in [-0.4, -0.2) is 22.1 Å². The van der Waals surface area contributed by atoms with Gasteiger partial charge in [-0.25, -0.2) is 0 Å². The van der Waals surface area contributed by atoms with E-state index < -0.39 is 0 Å². The molecule has 2 nitrogen and oxygen atoms in total. The molecule has 100 valence electrons. The molecule has 0 heterocycles. The van der Waals surface area contributed by atoms with Gasteiger partial charge in [-0.15, -0.1) is 0 Å². The number of nitrogens with one attached hydrogen (secondary N) is 1. The van der Waals surface area contributed by atoms with Gasteiger partial charge in [-0.1, -0.05) is 68.6 Å². The Balaban J connectivity index is 2.70. The molecule has 0 spiro atoms. The average Bonchev–Trinajstić information content (AvgIpc) is 2.39. The van der Waals surface area contributed by atoms with Gasteiger partial charge in [0.15, 0.2) is 0 Å². The van der Waals surface area contributed by atoms with Crippen molar-refractivity contribution in [2.24, 2.45) is 0 Å². The van der Waals surface area contributed by atoms with Crippen molar-refractivity contribution in [3.05, 3.63) is 34.9 Å². The Bertz CT molecular complexity index is 399. The van der Waals surface area contributed by atoms with Crippen LogP contribution < -0.4 is 5.32 Å². The van der Waals surface area contributed by atoms with E-state index in [0.717, 1.165) is 22.6 Å². The highest BCUT2D eigenvalue weighted by atomic mass is 79.9. The fourth-order valence-electron chi connectivity index (χ4n) is 1.53. The number of benzene rings is 1. The van der Waals surface area contributed by atoms with Crippen molar-refractivity contribution in [2.75, 3.05) is 10.7 Å². The molecule has 0 unspecified atom stereocenters. The molecular weight excluding hydrogens is 381 g/mol. The van der Waals surface area contributed by atoms with Gasteiger partial charge >= 0.3 is 0 Å². The third kappa shape index (κ3) is 4.25. The van der Waals surface area contributed by atoms with Gasteiger partial charge < -0.3 is 5.32 Å². The zero-order valence-electron chi connectivity index (χ0n) is 10.2. The lowest BCUT2D eigenvalue weighted by Crippen LogP contribution is -2.51. The second kappa shape index (κ2) is 7.51. The third-order valence-electron chi connectivity index (χ3n) is 2.90. The molecule has 18 heavy (non-hydrogen) atoms. The minimum Gasteiger partial charge on any atom is -0.349 e. The minimum atomic E-state index is -0.238. The topological polar surface area (TPSA) is 29.1 Å². The Hall–Kier alpha value is -0.0600. The molecule has 5 heteroatoms. The summed E-state index contributed by atoms with van der Waals surface area (Å²) in [6.45, 7) is 2.05. The first-order valence-corrected chi connectivity index (χ1v) is 8.35. The highest BCUT2D eigenvalue weighted by Crippen LogP contribution is 2.19. The number of alkyl halides is 2. The molecule has 1 amide bonds. The van der Waals surface area contributed by atoms with E-state index in [-0.39, 0.29) is 11.4 Å². The van der Waals surface area contributed by atoms with Crippen LogP contribution in [0.15, 0.2) is 24.3 Å². The van der Waals surface area contributed by atoms with Crippen LogP contribution in [0.4, 0.5) is 0 Å². The first-order chi connectivity index (χ1) is 8.56. The molecule has 0 atom stereocenters. The average molecular weight is 398 g/mol. The van der Waals surface area contributed by atoms with Crippen molar-refractivity contribution in [3.63, 3.8) is 0 Å². The highest BCUT2D eigenvalue weighted by Gasteiger charge is 2.27. The number of rotatable bonds is 6. The van der Waals surface area contributed by atoms with Crippen LogP contribution >= 0.6 is 43.5 Å². The van der Waals surface area contributed by atoms with E-state index in [2.05, 4.69) is 44.1 Å². The van der Waals surface area contributed by atoms with Crippen molar-refractivity contribution in [2.45, 2.75) is 25.3 Å². The summed E-state index contributed by atoms with van der Waals surface area (Å²) in [7, 11) is 0. The van der Waals surface area contributed by atoms with Crippen LogP contribution in [-0.2, 0) is 11.2 Å². The maximum absolute atomic E-state index is 12.0. The smallest absolute Gasteiger partial charge is 0.224 e. The molecule has 0 fully saturated rings. The second-order valence-corrected chi connectivity index (χ2v) is 5.75. The molecule has 0 aromatic heterocycles. The summed E-state index contributed by atoms with van der Waals surface area (Å²) in [5.41, 5.74) is 0.615. The largest absolute Gasteiger partial charge is 0.349 e. The fourth-order valence-corrected chi connectivity index (χ4v) is 3.74. The van der Waals surface area contributed by atoms with Crippen molar-refractivity contribution in [1.29, 1.82) is 0 Å².